The van der Waals surface area contributed by atoms with Crippen molar-refractivity contribution in [1.29, 1.82) is 0 Å². The van der Waals surface area contributed by atoms with E-state index in [1.807, 2.05) is 27.7 Å². The molecule has 1 N–H and O–H groups in total. The number of carbonyl (C=O) groups is 3. The van der Waals surface area contributed by atoms with Gasteiger partial charge in [-0.15, -0.1) is 23.5 Å². The van der Waals surface area contributed by atoms with Gasteiger partial charge in [-0.05, 0) is 42.9 Å². The number of aldehydes is 1. The van der Waals surface area contributed by atoms with Crippen molar-refractivity contribution in [2.45, 2.75) is 51.5 Å². The van der Waals surface area contributed by atoms with Gasteiger partial charge < -0.3 is 4.98 Å². The monoisotopic (exact) mass is 367 g/mol. The van der Waals surface area contributed by atoms with Crippen LogP contribution in [-0.4, -0.2) is 38.9 Å². The number of H-pyrrole nitrogens is 1. The SMILES string of the molecule is Cc1c(C=O)[nH]c(CC(=O)CC(C)(C)C(=O)C2SCCCS2)c1C. The average molecular weight is 368 g/mol. The Morgan fingerprint density at radius 1 is 1.21 bits per heavy atom. The summed E-state index contributed by atoms with van der Waals surface area (Å²) in [4.78, 5) is 39.3. The highest BCUT2D eigenvalue weighted by Gasteiger charge is 2.36. The van der Waals surface area contributed by atoms with Gasteiger partial charge >= 0.3 is 0 Å². The molecule has 1 saturated heterocycles. The second-order valence-corrected chi connectivity index (χ2v) is 9.68. The Hall–Kier alpha value is -1.01. The fraction of sp³-hybridized carbons (Fsp3) is 0.611. The topological polar surface area (TPSA) is 67.0 Å². The van der Waals surface area contributed by atoms with Crippen LogP contribution in [0.4, 0.5) is 0 Å². The van der Waals surface area contributed by atoms with E-state index in [1.54, 1.807) is 23.5 Å². The first-order valence-electron chi connectivity index (χ1n) is 8.18. The number of aromatic amines is 1. The standard InChI is InChI=1S/C18H25NO3S2/c1-11-12(2)15(10-20)19-14(11)8-13(21)9-18(3,4)16(22)17-23-6-5-7-24-17/h10,17,19H,5-9H2,1-4H3. The van der Waals surface area contributed by atoms with E-state index in [4.69, 9.17) is 0 Å². The number of aromatic nitrogens is 1. The van der Waals surface area contributed by atoms with Crippen LogP contribution in [-0.2, 0) is 16.0 Å². The van der Waals surface area contributed by atoms with E-state index in [0.29, 0.717) is 5.69 Å². The number of nitrogens with one attached hydrogen (secondary N) is 1. The molecule has 1 aliphatic heterocycles. The maximum Gasteiger partial charge on any atom is 0.166 e. The van der Waals surface area contributed by atoms with Crippen LogP contribution in [0.3, 0.4) is 0 Å². The van der Waals surface area contributed by atoms with Crippen molar-refractivity contribution in [3.63, 3.8) is 0 Å². The number of rotatable bonds is 7. The molecule has 0 amide bonds. The lowest BCUT2D eigenvalue weighted by Gasteiger charge is -2.29. The minimum Gasteiger partial charge on any atom is -0.355 e. The highest BCUT2D eigenvalue weighted by molar-refractivity contribution is 8.18. The summed E-state index contributed by atoms with van der Waals surface area (Å²) in [6.07, 6.45) is 2.39. The van der Waals surface area contributed by atoms with Crippen LogP contribution in [0.1, 0.15) is 54.0 Å². The fourth-order valence-electron chi connectivity index (χ4n) is 2.87. The Morgan fingerprint density at radius 3 is 2.38 bits per heavy atom. The zero-order chi connectivity index (χ0) is 17.9. The van der Waals surface area contributed by atoms with Crippen molar-refractivity contribution in [3.05, 3.63) is 22.5 Å². The largest absolute Gasteiger partial charge is 0.355 e. The Morgan fingerprint density at radius 2 is 1.83 bits per heavy atom. The first-order chi connectivity index (χ1) is 11.3. The van der Waals surface area contributed by atoms with E-state index in [9.17, 15) is 14.4 Å². The molecule has 1 aliphatic rings. The minimum atomic E-state index is -0.651. The molecule has 6 heteroatoms. The fourth-order valence-corrected chi connectivity index (χ4v) is 6.01. The maximum atomic E-state index is 12.7. The van der Waals surface area contributed by atoms with Gasteiger partial charge in [0.15, 0.2) is 12.1 Å². The van der Waals surface area contributed by atoms with Crippen LogP contribution in [0.15, 0.2) is 0 Å². The molecule has 0 unspecified atom stereocenters. The Labute approximate surface area is 151 Å². The van der Waals surface area contributed by atoms with Crippen LogP contribution in [0.5, 0.6) is 0 Å². The van der Waals surface area contributed by atoms with Gasteiger partial charge in [-0.25, -0.2) is 0 Å². The highest BCUT2D eigenvalue weighted by atomic mass is 32.2. The lowest BCUT2D eigenvalue weighted by molar-refractivity contribution is -0.130. The second kappa shape index (κ2) is 7.91. The van der Waals surface area contributed by atoms with E-state index >= 15 is 0 Å². The molecule has 1 fully saturated rings. The lowest BCUT2D eigenvalue weighted by Crippen LogP contribution is -2.35. The first-order valence-corrected chi connectivity index (χ1v) is 10.3. The third kappa shape index (κ3) is 4.33. The molecule has 1 aromatic rings. The highest BCUT2D eigenvalue weighted by Crippen LogP contribution is 2.37. The number of hydrogen-bond donors (Lipinski definition) is 1. The number of hydrogen-bond acceptors (Lipinski definition) is 5. The predicted molar refractivity (Wildman–Crippen MR) is 101 cm³/mol. The minimum absolute atomic E-state index is 0.0287. The molecule has 2 rings (SSSR count). The zero-order valence-electron chi connectivity index (χ0n) is 14.7. The molecule has 0 saturated carbocycles. The third-order valence-electron chi connectivity index (χ3n) is 4.54. The van der Waals surface area contributed by atoms with E-state index in [1.165, 1.54) is 0 Å². The van der Waals surface area contributed by atoms with Gasteiger partial charge in [0.25, 0.3) is 0 Å². The molecule has 0 spiro atoms. The second-order valence-electron chi connectivity index (χ2n) is 6.95. The van der Waals surface area contributed by atoms with Crippen molar-refractivity contribution < 1.29 is 14.4 Å². The average Bonchev–Trinajstić information content (AvgIpc) is 2.82. The summed E-state index contributed by atoms with van der Waals surface area (Å²) in [7, 11) is 0. The number of Topliss-reactive ketones (excluding diaryl/α,β-unsaturated/α-hetero) is 2. The third-order valence-corrected chi connectivity index (χ3v) is 7.44. The van der Waals surface area contributed by atoms with E-state index in [-0.39, 0.29) is 29.0 Å². The molecular weight excluding hydrogens is 342 g/mol. The van der Waals surface area contributed by atoms with Crippen LogP contribution >= 0.6 is 23.5 Å². The number of ketones is 2. The van der Waals surface area contributed by atoms with Gasteiger partial charge in [0.05, 0.1) is 5.69 Å². The molecule has 0 atom stereocenters. The summed E-state index contributed by atoms with van der Waals surface area (Å²) in [6, 6.07) is 0. The zero-order valence-corrected chi connectivity index (χ0v) is 16.4. The number of carbonyl (C=O) groups excluding carboxylic acids is 3. The van der Waals surface area contributed by atoms with E-state index in [0.717, 1.165) is 41.0 Å². The Bertz CT molecular complexity index is 643. The molecule has 2 heterocycles. The lowest BCUT2D eigenvalue weighted by atomic mass is 9.82. The van der Waals surface area contributed by atoms with Gasteiger partial charge in [0.2, 0.25) is 0 Å². The summed E-state index contributed by atoms with van der Waals surface area (Å²) < 4.78 is -0.0438. The van der Waals surface area contributed by atoms with Gasteiger partial charge in [-0.2, -0.15) is 0 Å². The van der Waals surface area contributed by atoms with Crippen molar-refractivity contribution in [2.75, 3.05) is 11.5 Å². The van der Waals surface area contributed by atoms with Crippen molar-refractivity contribution in [3.8, 4) is 0 Å². The van der Waals surface area contributed by atoms with Gasteiger partial charge in [-0.1, -0.05) is 13.8 Å². The van der Waals surface area contributed by atoms with Crippen LogP contribution in [0.2, 0.25) is 0 Å². The Kier molecular flexibility index (Phi) is 6.37. The summed E-state index contributed by atoms with van der Waals surface area (Å²) >= 11 is 3.39. The predicted octanol–water partition coefficient (Wildman–Crippen LogP) is 3.74. The normalized spacial score (nSPS) is 16.2. The van der Waals surface area contributed by atoms with Gasteiger partial charge in [-0.3, -0.25) is 14.4 Å². The molecule has 1 aromatic heterocycles. The summed E-state index contributed by atoms with van der Waals surface area (Å²) in [6.45, 7) is 7.51. The van der Waals surface area contributed by atoms with Crippen LogP contribution < -0.4 is 0 Å². The van der Waals surface area contributed by atoms with Crippen molar-refractivity contribution in [2.24, 2.45) is 5.41 Å². The summed E-state index contributed by atoms with van der Waals surface area (Å²) in [5, 5.41) is 0. The molecule has 4 nitrogen and oxygen atoms in total. The summed E-state index contributed by atoms with van der Waals surface area (Å²) in [5.74, 6) is 2.23. The first kappa shape index (κ1) is 19.3. The molecular formula is C18H25NO3S2. The van der Waals surface area contributed by atoms with Crippen molar-refractivity contribution in [1.82, 2.24) is 4.98 Å². The maximum absolute atomic E-state index is 12.7. The van der Waals surface area contributed by atoms with Crippen LogP contribution in [0, 0.1) is 19.3 Å². The van der Waals surface area contributed by atoms with Gasteiger partial charge in [0.1, 0.15) is 10.4 Å². The van der Waals surface area contributed by atoms with Gasteiger partial charge in [0, 0.05) is 24.0 Å². The quantitative estimate of drug-likeness (QED) is 0.744. The smallest absolute Gasteiger partial charge is 0.166 e. The molecule has 0 aromatic carbocycles. The number of thioether (sulfide) groups is 2. The molecule has 0 aliphatic carbocycles. The van der Waals surface area contributed by atoms with Crippen molar-refractivity contribution >= 4 is 41.4 Å². The van der Waals surface area contributed by atoms with E-state index < -0.39 is 5.41 Å². The van der Waals surface area contributed by atoms with Crippen LogP contribution in [0.25, 0.3) is 0 Å². The Balaban J connectivity index is 2.02. The molecule has 0 bridgehead atoms. The van der Waals surface area contributed by atoms with E-state index in [2.05, 4.69) is 4.98 Å². The molecule has 0 radical (unpaired) electrons. The summed E-state index contributed by atoms with van der Waals surface area (Å²) in [5.41, 5.74) is 2.50. The molecule has 132 valence electrons. The molecule has 24 heavy (non-hydrogen) atoms.